The fourth-order valence-electron chi connectivity index (χ4n) is 0.378. The van der Waals surface area contributed by atoms with Crippen LogP contribution in [0.15, 0.2) is 24.3 Å². The van der Waals surface area contributed by atoms with E-state index in [1.54, 1.807) is 24.3 Å². The van der Waals surface area contributed by atoms with Gasteiger partial charge in [-0.2, -0.15) is 18.2 Å². The molecule has 1 rings (SSSR count). The molecule has 1 aromatic carbocycles. The van der Waals surface area contributed by atoms with Crippen molar-refractivity contribution in [3.63, 3.8) is 0 Å². The second kappa shape index (κ2) is 8.11. The molecule has 13 heavy (non-hydrogen) atoms. The SMILES string of the molecule is O=P(O)(O)O.Oc1cc[c-]cc1.[K+]. The Balaban J connectivity index is 0. The zero-order chi connectivity index (χ0) is 9.61. The molecular formula is C6H8KO5P. The Morgan fingerprint density at radius 2 is 1.46 bits per heavy atom. The van der Waals surface area contributed by atoms with Gasteiger partial charge in [-0.25, -0.2) is 4.57 Å². The van der Waals surface area contributed by atoms with Crippen LogP contribution < -0.4 is 51.4 Å². The van der Waals surface area contributed by atoms with Crippen LogP contribution in [0.4, 0.5) is 0 Å². The van der Waals surface area contributed by atoms with Gasteiger partial charge in [-0.05, 0) is 0 Å². The molecule has 0 aliphatic heterocycles. The number of phenolic OH excluding ortho intramolecular Hbond substituents is 1. The van der Waals surface area contributed by atoms with Gasteiger partial charge in [0.05, 0.1) is 0 Å². The van der Waals surface area contributed by atoms with Gasteiger partial charge in [-0.3, -0.25) is 0 Å². The van der Waals surface area contributed by atoms with Gasteiger partial charge in [0.2, 0.25) is 0 Å². The van der Waals surface area contributed by atoms with Crippen LogP contribution in [-0.2, 0) is 4.57 Å². The molecule has 4 N–H and O–H groups in total. The Hall–Kier alpha value is 0.766. The molecule has 0 spiro atoms. The van der Waals surface area contributed by atoms with Gasteiger partial charge in [-0.1, -0.05) is 0 Å². The van der Waals surface area contributed by atoms with Crippen LogP contribution in [0.2, 0.25) is 0 Å². The first-order valence-electron chi connectivity index (χ1n) is 2.83. The number of rotatable bonds is 0. The molecule has 0 aromatic heterocycles. The summed E-state index contributed by atoms with van der Waals surface area (Å²) in [5.41, 5.74) is 0. The topological polar surface area (TPSA) is 98.0 Å². The van der Waals surface area contributed by atoms with Crippen LogP contribution in [0.25, 0.3) is 0 Å². The van der Waals surface area contributed by atoms with Crippen LogP contribution >= 0.6 is 7.82 Å². The molecular weight excluding hydrogens is 222 g/mol. The van der Waals surface area contributed by atoms with Gasteiger partial charge in [0.25, 0.3) is 0 Å². The number of hydrogen-bond donors (Lipinski definition) is 4. The van der Waals surface area contributed by atoms with E-state index in [9.17, 15) is 0 Å². The summed E-state index contributed by atoms with van der Waals surface area (Å²) >= 11 is 0. The van der Waals surface area contributed by atoms with Crippen molar-refractivity contribution >= 4 is 7.82 Å². The summed E-state index contributed by atoms with van der Waals surface area (Å²) < 4.78 is 8.88. The van der Waals surface area contributed by atoms with Crippen molar-refractivity contribution < 1.29 is 75.7 Å². The smallest absolute Gasteiger partial charge is 0.533 e. The third-order valence-electron chi connectivity index (χ3n) is 0.701. The number of benzene rings is 1. The van der Waals surface area contributed by atoms with E-state index in [2.05, 4.69) is 6.07 Å². The summed E-state index contributed by atoms with van der Waals surface area (Å²) in [7, 11) is -4.64. The first-order chi connectivity index (χ1) is 5.39. The summed E-state index contributed by atoms with van der Waals surface area (Å²) in [6, 6.07) is 9.26. The van der Waals surface area contributed by atoms with E-state index in [1.807, 2.05) is 0 Å². The minimum absolute atomic E-state index is 0. The number of phenols is 1. The molecule has 68 valence electrons. The minimum Gasteiger partial charge on any atom is -0.533 e. The van der Waals surface area contributed by atoms with Gasteiger partial charge in [0.1, 0.15) is 0 Å². The van der Waals surface area contributed by atoms with Crippen molar-refractivity contribution in [1.29, 1.82) is 0 Å². The van der Waals surface area contributed by atoms with E-state index >= 15 is 0 Å². The molecule has 0 bridgehead atoms. The average molecular weight is 230 g/mol. The van der Waals surface area contributed by atoms with E-state index < -0.39 is 7.82 Å². The summed E-state index contributed by atoms with van der Waals surface area (Å²) in [5, 5.41) is 8.61. The predicted octanol–water partition coefficient (Wildman–Crippen LogP) is -2.73. The maximum Gasteiger partial charge on any atom is 1.00 e. The summed E-state index contributed by atoms with van der Waals surface area (Å²) in [6.45, 7) is 0. The normalized spacial score (nSPS) is 9.15. The molecule has 5 nitrogen and oxygen atoms in total. The van der Waals surface area contributed by atoms with Gasteiger partial charge in [-0.15, -0.1) is 12.1 Å². The van der Waals surface area contributed by atoms with Crippen molar-refractivity contribution in [2.75, 3.05) is 0 Å². The quantitative estimate of drug-likeness (QED) is 0.220. The van der Waals surface area contributed by atoms with Crippen LogP contribution in [-0.4, -0.2) is 19.8 Å². The van der Waals surface area contributed by atoms with Gasteiger partial charge >= 0.3 is 59.2 Å². The summed E-state index contributed by atoms with van der Waals surface area (Å²) in [4.78, 5) is 21.6. The Morgan fingerprint density at radius 1 is 1.15 bits per heavy atom. The minimum atomic E-state index is -4.64. The van der Waals surface area contributed by atoms with Crippen LogP contribution in [0.3, 0.4) is 0 Å². The maximum atomic E-state index is 8.88. The number of aromatic hydroxyl groups is 1. The molecule has 0 unspecified atom stereocenters. The monoisotopic (exact) mass is 230 g/mol. The van der Waals surface area contributed by atoms with Crippen molar-refractivity contribution in [3.05, 3.63) is 30.3 Å². The number of hydrogen-bond acceptors (Lipinski definition) is 2. The van der Waals surface area contributed by atoms with E-state index in [1.165, 1.54) is 0 Å². The molecule has 7 heteroatoms. The molecule has 0 saturated carbocycles. The van der Waals surface area contributed by atoms with Crippen molar-refractivity contribution in [1.82, 2.24) is 0 Å². The standard InChI is InChI=1S/C6H5O.K.H3O4P/c7-6-4-2-1-3-5-6;;1-5(2,3)4/h2-5,7H;;(H3,1,2,3,4)/q-1;+1;. The van der Waals surface area contributed by atoms with Crippen LogP contribution in [0.5, 0.6) is 5.75 Å². The van der Waals surface area contributed by atoms with E-state index in [4.69, 9.17) is 24.4 Å². The fourth-order valence-corrected chi connectivity index (χ4v) is 0.378. The largest absolute Gasteiger partial charge is 1.00 e. The molecule has 0 atom stereocenters. The molecule has 0 aliphatic carbocycles. The first-order valence-corrected chi connectivity index (χ1v) is 4.39. The van der Waals surface area contributed by atoms with Gasteiger partial charge in [0.15, 0.2) is 0 Å². The maximum absolute atomic E-state index is 8.88. The first kappa shape index (κ1) is 16.2. The van der Waals surface area contributed by atoms with Crippen LogP contribution in [0, 0.1) is 6.07 Å². The fraction of sp³-hybridized carbons (Fsp3) is 0. The number of phosphoric acid groups is 1. The Labute approximate surface area is 118 Å². The molecule has 0 radical (unpaired) electrons. The van der Waals surface area contributed by atoms with E-state index in [0.717, 1.165) is 0 Å². The van der Waals surface area contributed by atoms with Crippen LogP contribution in [0.1, 0.15) is 0 Å². The Morgan fingerprint density at radius 3 is 1.62 bits per heavy atom. The van der Waals surface area contributed by atoms with E-state index in [-0.39, 0.29) is 51.4 Å². The van der Waals surface area contributed by atoms with Gasteiger partial charge < -0.3 is 19.8 Å². The molecule has 0 saturated heterocycles. The molecule has 0 fully saturated rings. The third-order valence-corrected chi connectivity index (χ3v) is 0.701. The Kier molecular flexibility index (Phi) is 10.1. The molecule has 0 heterocycles. The van der Waals surface area contributed by atoms with Crippen molar-refractivity contribution in [2.45, 2.75) is 0 Å². The van der Waals surface area contributed by atoms with Crippen molar-refractivity contribution in [2.24, 2.45) is 0 Å². The predicted molar refractivity (Wildman–Crippen MR) is 41.2 cm³/mol. The zero-order valence-electron chi connectivity index (χ0n) is 6.95. The summed E-state index contributed by atoms with van der Waals surface area (Å²) in [6.07, 6.45) is 0. The Bertz CT molecular complexity index is 251. The van der Waals surface area contributed by atoms with E-state index in [0.29, 0.717) is 5.75 Å². The molecule has 0 aliphatic rings. The average Bonchev–Trinajstić information content (AvgIpc) is 1.85. The summed E-state index contributed by atoms with van der Waals surface area (Å²) in [5.74, 6) is 0.291. The van der Waals surface area contributed by atoms with Gasteiger partial charge in [0, 0.05) is 5.75 Å². The second-order valence-corrected chi connectivity index (χ2v) is 2.80. The third kappa shape index (κ3) is 19.3. The van der Waals surface area contributed by atoms with Crippen molar-refractivity contribution in [3.8, 4) is 5.75 Å². The molecule has 0 amide bonds. The molecule has 1 aromatic rings. The second-order valence-electron chi connectivity index (χ2n) is 1.77. The zero-order valence-corrected chi connectivity index (χ0v) is 11.0.